The van der Waals surface area contributed by atoms with Crippen LogP contribution in [0.25, 0.3) is 0 Å². The van der Waals surface area contributed by atoms with Gasteiger partial charge in [-0.15, -0.1) is 11.8 Å². The van der Waals surface area contributed by atoms with E-state index < -0.39 is 11.7 Å². The Morgan fingerprint density at radius 1 is 1.07 bits per heavy atom. The number of carbonyl (C=O) groups excluding carboxylic acids is 3. The Hall–Kier alpha value is -2.87. The van der Waals surface area contributed by atoms with Crippen LogP contribution in [0.3, 0.4) is 0 Å². The number of carbonyl (C=O) groups is 3. The second-order valence-corrected chi connectivity index (χ2v) is 7.04. The van der Waals surface area contributed by atoms with Crippen molar-refractivity contribution in [1.29, 1.82) is 0 Å². The number of halogens is 1. The van der Waals surface area contributed by atoms with Crippen LogP contribution >= 0.6 is 11.8 Å². The summed E-state index contributed by atoms with van der Waals surface area (Å²) < 4.78 is 13.5. The molecule has 140 valence electrons. The van der Waals surface area contributed by atoms with Gasteiger partial charge >= 0.3 is 0 Å². The number of hydrogen-bond acceptors (Lipinski definition) is 4. The van der Waals surface area contributed by atoms with E-state index in [4.69, 9.17) is 0 Å². The van der Waals surface area contributed by atoms with Gasteiger partial charge in [0.05, 0.1) is 11.4 Å². The number of aryl methyl sites for hydroxylation is 1. The van der Waals surface area contributed by atoms with Crippen molar-refractivity contribution in [3.8, 4) is 0 Å². The summed E-state index contributed by atoms with van der Waals surface area (Å²) in [7, 11) is 0. The first-order chi connectivity index (χ1) is 12.9. The number of anilines is 1. The molecule has 3 amide bonds. The van der Waals surface area contributed by atoms with Crippen molar-refractivity contribution in [2.75, 3.05) is 24.2 Å². The zero-order chi connectivity index (χ0) is 19.4. The highest BCUT2D eigenvalue weighted by Crippen LogP contribution is 2.31. The molecule has 0 fully saturated rings. The molecule has 3 N–H and O–H groups in total. The molecule has 27 heavy (non-hydrogen) atoms. The number of amides is 3. The van der Waals surface area contributed by atoms with Gasteiger partial charge in [0.2, 0.25) is 5.91 Å². The lowest BCUT2D eigenvalue weighted by Gasteiger charge is -2.17. The lowest BCUT2D eigenvalue weighted by Crippen LogP contribution is -2.34. The minimum atomic E-state index is -0.436. The molecule has 0 unspecified atom stereocenters. The van der Waals surface area contributed by atoms with Crippen LogP contribution in [-0.2, 0) is 4.79 Å². The molecule has 0 aromatic heterocycles. The smallest absolute Gasteiger partial charge is 0.251 e. The molecular weight excluding hydrogens is 369 g/mol. The molecule has 8 heteroatoms. The Balaban J connectivity index is 1.49. The maximum absolute atomic E-state index is 13.5. The number of nitrogens with one attached hydrogen (secondary N) is 3. The maximum Gasteiger partial charge on any atom is 0.251 e. The Morgan fingerprint density at radius 3 is 2.37 bits per heavy atom. The number of thioether (sulfide) groups is 1. The Kier molecular flexibility index (Phi) is 5.75. The van der Waals surface area contributed by atoms with Crippen molar-refractivity contribution < 1.29 is 18.8 Å². The molecule has 0 aliphatic carbocycles. The van der Waals surface area contributed by atoms with Crippen molar-refractivity contribution in [3.63, 3.8) is 0 Å². The Labute approximate surface area is 159 Å². The normalized spacial score (nSPS) is 12.7. The highest BCUT2D eigenvalue weighted by molar-refractivity contribution is 8.00. The molecule has 2 aromatic carbocycles. The summed E-state index contributed by atoms with van der Waals surface area (Å²) in [5.74, 6) is -0.882. The second-order valence-electron chi connectivity index (χ2n) is 6.02. The van der Waals surface area contributed by atoms with Crippen LogP contribution < -0.4 is 16.0 Å². The molecule has 2 aromatic rings. The van der Waals surface area contributed by atoms with Gasteiger partial charge in [0, 0.05) is 29.1 Å². The quantitative estimate of drug-likeness (QED) is 0.688. The molecular formula is C19H18FN3O3S. The molecule has 1 aliphatic heterocycles. The van der Waals surface area contributed by atoms with E-state index >= 15 is 0 Å². The van der Waals surface area contributed by atoms with Crippen LogP contribution in [0.4, 0.5) is 10.1 Å². The van der Waals surface area contributed by atoms with Crippen LogP contribution in [0, 0.1) is 12.7 Å². The first-order valence-corrected chi connectivity index (χ1v) is 9.32. The third-order valence-electron chi connectivity index (χ3n) is 4.00. The van der Waals surface area contributed by atoms with Crippen molar-refractivity contribution in [3.05, 3.63) is 58.9 Å². The summed E-state index contributed by atoms with van der Waals surface area (Å²) in [5, 5.41) is 8.06. The van der Waals surface area contributed by atoms with Gasteiger partial charge in [-0.25, -0.2) is 4.39 Å². The van der Waals surface area contributed by atoms with E-state index in [1.807, 2.05) is 0 Å². The first kappa shape index (κ1) is 18.9. The predicted molar refractivity (Wildman–Crippen MR) is 102 cm³/mol. The lowest BCUT2D eigenvalue weighted by atomic mass is 10.1. The molecule has 0 atom stereocenters. The number of fused-ring (bicyclic) bond motifs is 1. The third-order valence-corrected chi connectivity index (χ3v) is 5.08. The van der Waals surface area contributed by atoms with E-state index in [2.05, 4.69) is 16.0 Å². The van der Waals surface area contributed by atoms with Crippen LogP contribution in [0.15, 0.2) is 41.3 Å². The van der Waals surface area contributed by atoms with Crippen LogP contribution in [0.5, 0.6) is 0 Å². The van der Waals surface area contributed by atoms with Crippen molar-refractivity contribution in [2.24, 2.45) is 0 Å². The standard InChI is InChI=1S/C19H18FN3O3S/c1-11-2-3-12(8-14(11)20)18(25)21-6-7-22-19(26)13-4-5-16-15(9-13)23-17(24)10-27-16/h2-5,8-9H,6-7,10H2,1H3,(H,21,25)(H,22,26)(H,23,24). The maximum atomic E-state index is 13.5. The minimum Gasteiger partial charge on any atom is -0.350 e. The van der Waals surface area contributed by atoms with Gasteiger partial charge in [0.15, 0.2) is 0 Å². The number of benzene rings is 2. The van der Waals surface area contributed by atoms with E-state index in [9.17, 15) is 18.8 Å². The van der Waals surface area contributed by atoms with E-state index in [1.54, 1.807) is 37.3 Å². The molecule has 0 saturated heterocycles. The van der Waals surface area contributed by atoms with Gasteiger partial charge in [0.1, 0.15) is 5.82 Å². The van der Waals surface area contributed by atoms with E-state index in [0.717, 1.165) is 4.90 Å². The van der Waals surface area contributed by atoms with Crippen LogP contribution in [-0.4, -0.2) is 36.6 Å². The first-order valence-electron chi connectivity index (χ1n) is 8.33. The monoisotopic (exact) mass is 387 g/mol. The van der Waals surface area contributed by atoms with Gasteiger partial charge in [0.25, 0.3) is 11.8 Å². The van der Waals surface area contributed by atoms with E-state index in [-0.39, 0.29) is 30.5 Å². The highest BCUT2D eigenvalue weighted by atomic mass is 32.2. The third kappa shape index (κ3) is 4.65. The van der Waals surface area contributed by atoms with Crippen molar-refractivity contribution in [1.82, 2.24) is 10.6 Å². The molecule has 1 heterocycles. The van der Waals surface area contributed by atoms with Gasteiger partial charge in [-0.1, -0.05) is 6.07 Å². The van der Waals surface area contributed by atoms with Gasteiger partial charge in [-0.3, -0.25) is 14.4 Å². The number of hydrogen-bond donors (Lipinski definition) is 3. The van der Waals surface area contributed by atoms with Crippen molar-refractivity contribution in [2.45, 2.75) is 11.8 Å². The number of rotatable bonds is 5. The van der Waals surface area contributed by atoms with Crippen molar-refractivity contribution >= 4 is 35.2 Å². The fraction of sp³-hybridized carbons (Fsp3) is 0.211. The molecule has 6 nitrogen and oxygen atoms in total. The van der Waals surface area contributed by atoms with Gasteiger partial charge in [-0.2, -0.15) is 0 Å². The minimum absolute atomic E-state index is 0.0969. The van der Waals surface area contributed by atoms with Crippen LogP contribution in [0.1, 0.15) is 26.3 Å². The molecule has 0 saturated carbocycles. The summed E-state index contributed by atoms with van der Waals surface area (Å²) in [6, 6.07) is 9.38. The summed E-state index contributed by atoms with van der Waals surface area (Å²) in [6.07, 6.45) is 0. The van der Waals surface area contributed by atoms with Gasteiger partial charge < -0.3 is 16.0 Å². The topological polar surface area (TPSA) is 87.3 Å². The highest BCUT2D eigenvalue weighted by Gasteiger charge is 2.17. The summed E-state index contributed by atoms with van der Waals surface area (Å²) >= 11 is 1.42. The average Bonchev–Trinajstić information content (AvgIpc) is 2.66. The fourth-order valence-corrected chi connectivity index (χ4v) is 3.30. The van der Waals surface area contributed by atoms with E-state index in [1.165, 1.54) is 17.8 Å². The summed E-state index contributed by atoms with van der Waals surface area (Å²) in [4.78, 5) is 36.6. The van der Waals surface area contributed by atoms with Gasteiger partial charge in [-0.05, 0) is 42.8 Å². The second kappa shape index (κ2) is 8.22. The Bertz CT molecular complexity index is 917. The van der Waals surface area contributed by atoms with E-state index in [0.29, 0.717) is 22.6 Å². The van der Waals surface area contributed by atoms with Crippen LogP contribution in [0.2, 0.25) is 0 Å². The predicted octanol–water partition coefficient (Wildman–Crippen LogP) is 2.34. The zero-order valence-electron chi connectivity index (χ0n) is 14.6. The fourth-order valence-electron chi connectivity index (χ4n) is 2.51. The SMILES string of the molecule is Cc1ccc(C(=O)NCCNC(=O)c2ccc3c(c2)NC(=O)CS3)cc1F. The average molecular weight is 387 g/mol. The molecule has 0 radical (unpaired) electrons. The molecule has 3 rings (SSSR count). The lowest BCUT2D eigenvalue weighted by molar-refractivity contribution is -0.113. The largest absolute Gasteiger partial charge is 0.350 e. The molecule has 0 spiro atoms. The Morgan fingerprint density at radius 2 is 1.70 bits per heavy atom. The summed E-state index contributed by atoms with van der Waals surface area (Å²) in [5.41, 5.74) is 1.74. The molecule has 1 aliphatic rings. The molecule has 0 bridgehead atoms. The zero-order valence-corrected chi connectivity index (χ0v) is 15.4. The summed E-state index contributed by atoms with van der Waals surface area (Å²) in [6.45, 7) is 2.05.